The molecule has 0 saturated carbocycles. The second kappa shape index (κ2) is 8.69. The summed E-state index contributed by atoms with van der Waals surface area (Å²) in [5.41, 5.74) is 0. The molecule has 0 spiro atoms. The predicted molar refractivity (Wildman–Crippen MR) is 90.6 cm³/mol. The van der Waals surface area contributed by atoms with Crippen LogP contribution in [0, 0.1) is 3.57 Å². The number of ether oxygens (including phenoxy) is 1. The van der Waals surface area contributed by atoms with Crippen LogP contribution in [0.25, 0.3) is 0 Å². The summed E-state index contributed by atoms with van der Waals surface area (Å²) in [5, 5.41) is 3.26. The Kier molecular flexibility index (Phi) is 7.61. The SMILES string of the molecule is CNC1CCN(C(=O)COc2ccc(I)cc2)CC1.Cl. The summed E-state index contributed by atoms with van der Waals surface area (Å²) < 4.78 is 6.68. The fourth-order valence-electron chi connectivity index (χ4n) is 2.18. The molecule has 1 aliphatic rings. The summed E-state index contributed by atoms with van der Waals surface area (Å²) in [7, 11) is 1.97. The average Bonchev–Trinajstić information content (AvgIpc) is 2.46. The Labute approximate surface area is 139 Å². The van der Waals surface area contributed by atoms with Crippen LogP contribution in [0.5, 0.6) is 5.75 Å². The van der Waals surface area contributed by atoms with Gasteiger partial charge in [0.2, 0.25) is 0 Å². The average molecular weight is 411 g/mol. The maximum Gasteiger partial charge on any atom is 0.260 e. The van der Waals surface area contributed by atoms with Crippen molar-refractivity contribution in [3.05, 3.63) is 27.8 Å². The van der Waals surface area contributed by atoms with E-state index in [0.29, 0.717) is 6.04 Å². The topological polar surface area (TPSA) is 41.6 Å². The number of hydrogen-bond donors (Lipinski definition) is 1. The molecule has 1 aliphatic heterocycles. The molecule has 1 aromatic rings. The molecule has 4 nitrogen and oxygen atoms in total. The Bertz CT molecular complexity index is 420. The molecule has 0 bridgehead atoms. The van der Waals surface area contributed by atoms with Crippen molar-refractivity contribution in [1.29, 1.82) is 0 Å². The first-order valence-electron chi connectivity index (χ1n) is 6.52. The van der Waals surface area contributed by atoms with Gasteiger partial charge in [0.15, 0.2) is 6.61 Å². The van der Waals surface area contributed by atoms with Gasteiger partial charge >= 0.3 is 0 Å². The minimum Gasteiger partial charge on any atom is -0.484 e. The van der Waals surface area contributed by atoms with E-state index < -0.39 is 0 Å². The molecule has 1 saturated heterocycles. The molecule has 1 heterocycles. The largest absolute Gasteiger partial charge is 0.484 e. The van der Waals surface area contributed by atoms with Crippen LogP contribution < -0.4 is 10.1 Å². The van der Waals surface area contributed by atoms with Crippen molar-refractivity contribution in [1.82, 2.24) is 10.2 Å². The molecule has 0 aliphatic carbocycles. The number of nitrogens with zero attached hydrogens (tertiary/aromatic N) is 1. The van der Waals surface area contributed by atoms with Crippen molar-refractivity contribution >= 4 is 40.9 Å². The molecule has 0 atom stereocenters. The number of benzene rings is 1. The predicted octanol–water partition coefficient (Wildman–Crippen LogP) is 2.30. The lowest BCUT2D eigenvalue weighted by atomic mass is 10.1. The monoisotopic (exact) mass is 410 g/mol. The molecule has 6 heteroatoms. The summed E-state index contributed by atoms with van der Waals surface area (Å²) in [4.78, 5) is 13.9. The fraction of sp³-hybridized carbons (Fsp3) is 0.500. The van der Waals surface area contributed by atoms with E-state index in [2.05, 4.69) is 27.9 Å². The van der Waals surface area contributed by atoms with E-state index >= 15 is 0 Å². The van der Waals surface area contributed by atoms with Gasteiger partial charge < -0.3 is 15.0 Å². The molecule has 20 heavy (non-hydrogen) atoms. The van der Waals surface area contributed by atoms with Crippen molar-refractivity contribution in [2.75, 3.05) is 26.7 Å². The van der Waals surface area contributed by atoms with Crippen molar-refractivity contribution in [2.24, 2.45) is 0 Å². The quantitative estimate of drug-likeness (QED) is 0.775. The van der Waals surface area contributed by atoms with Crippen LogP contribution in [0.15, 0.2) is 24.3 Å². The third kappa shape index (κ3) is 5.10. The summed E-state index contributed by atoms with van der Waals surface area (Å²) >= 11 is 2.24. The molecular formula is C14H20ClIN2O2. The summed E-state index contributed by atoms with van der Waals surface area (Å²) in [6.07, 6.45) is 2.04. The molecule has 1 fully saturated rings. The summed E-state index contributed by atoms with van der Waals surface area (Å²) in [6, 6.07) is 8.27. The van der Waals surface area contributed by atoms with Crippen molar-refractivity contribution in [3.8, 4) is 5.75 Å². The molecule has 112 valence electrons. The van der Waals surface area contributed by atoms with Gasteiger partial charge in [-0.2, -0.15) is 0 Å². The number of amides is 1. The van der Waals surface area contributed by atoms with E-state index in [9.17, 15) is 4.79 Å². The van der Waals surface area contributed by atoms with Crippen LogP contribution in [0.3, 0.4) is 0 Å². The minimum atomic E-state index is 0. The zero-order valence-corrected chi connectivity index (χ0v) is 14.4. The molecular weight excluding hydrogens is 391 g/mol. The van der Waals surface area contributed by atoms with E-state index in [1.165, 1.54) is 0 Å². The maximum atomic E-state index is 12.0. The highest BCUT2D eigenvalue weighted by Crippen LogP contribution is 2.14. The van der Waals surface area contributed by atoms with Crippen molar-refractivity contribution in [2.45, 2.75) is 18.9 Å². The normalized spacial score (nSPS) is 15.6. The van der Waals surface area contributed by atoms with Crippen LogP contribution >= 0.6 is 35.0 Å². The van der Waals surface area contributed by atoms with E-state index in [1.807, 2.05) is 36.2 Å². The number of halogens is 2. The Morgan fingerprint density at radius 3 is 2.50 bits per heavy atom. The van der Waals surface area contributed by atoms with E-state index in [0.717, 1.165) is 35.3 Å². The number of nitrogens with one attached hydrogen (secondary N) is 1. The van der Waals surface area contributed by atoms with Gasteiger partial charge in [-0.05, 0) is 66.7 Å². The second-order valence-electron chi connectivity index (χ2n) is 4.69. The highest BCUT2D eigenvalue weighted by molar-refractivity contribution is 14.1. The standard InChI is InChI=1S/C14H19IN2O2.ClH/c1-16-12-6-8-17(9-7-12)14(18)10-19-13-4-2-11(15)3-5-13;/h2-5,12,16H,6-10H2,1H3;1H. The van der Waals surface area contributed by atoms with Gasteiger partial charge in [0.25, 0.3) is 5.91 Å². The Balaban J connectivity index is 0.00000200. The lowest BCUT2D eigenvalue weighted by Gasteiger charge is -2.31. The first-order valence-corrected chi connectivity index (χ1v) is 7.60. The summed E-state index contributed by atoms with van der Waals surface area (Å²) in [6.45, 7) is 1.77. The zero-order chi connectivity index (χ0) is 13.7. The van der Waals surface area contributed by atoms with E-state index in [-0.39, 0.29) is 24.9 Å². The lowest BCUT2D eigenvalue weighted by molar-refractivity contribution is -0.134. The zero-order valence-electron chi connectivity index (χ0n) is 11.5. The molecule has 2 rings (SSSR count). The first-order chi connectivity index (χ1) is 9.19. The molecule has 0 radical (unpaired) electrons. The molecule has 0 unspecified atom stereocenters. The molecule has 1 aromatic carbocycles. The third-order valence-electron chi connectivity index (χ3n) is 3.43. The van der Waals surface area contributed by atoms with Gasteiger partial charge in [0.1, 0.15) is 5.75 Å². The van der Waals surface area contributed by atoms with Gasteiger partial charge in [-0.15, -0.1) is 12.4 Å². The van der Waals surface area contributed by atoms with Crippen LogP contribution in [0.2, 0.25) is 0 Å². The Morgan fingerprint density at radius 2 is 1.95 bits per heavy atom. The molecule has 1 amide bonds. The molecule has 1 N–H and O–H groups in total. The smallest absolute Gasteiger partial charge is 0.260 e. The van der Waals surface area contributed by atoms with Gasteiger partial charge in [-0.25, -0.2) is 0 Å². The number of likely N-dealkylation sites (tertiary alicyclic amines) is 1. The number of carbonyl (C=O) groups is 1. The third-order valence-corrected chi connectivity index (χ3v) is 4.15. The first kappa shape index (κ1) is 17.5. The number of rotatable bonds is 4. The summed E-state index contributed by atoms with van der Waals surface area (Å²) in [5.74, 6) is 0.826. The van der Waals surface area contributed by atoms with Gasteiger partial charge in [-0.1, -0.05) is 0 Å². The number of piperidine rings is 1. The van der Waals surface area contributed by atoms with Crippen LogP contribution in [-0.2, 0) is 4.79 Å². The maximum absolute atomic E-state index is 12.0. The van der Waals surface area contributed by atoms with Gasteiger partial charge in [-0.3, -0.25) is 4.79 Å². The van der Waals surface area contributed by atoms with E-state index in [4.69, 9.17) is 4.74 Å². The Hall–Kier alpha value is -0.530. The van der Waals surface area contributed by atoms with Crippen molar-refractivity contribution < 1.29 is 9.53 Å². The van der Waals surface area contributed by atoms with Crippen LogP contribution in [-0.4, -0.2) is 43.6 Å². The van der Waals surface area contributed by atoms with Crippen LogP contribution in [0.1, 0.15) is 12.8 Å². The minimum absolute atomic E-state index is 0. The van der Waals surface area contributed by atoms with E-state index in [1.54, 1.807) is 0 Å². The van der Waals surface area contributed by atoms with Crippen LogP contribution in [0.4, 0.5) is 0 Å². The lowest BCUT2D eigenvalue weighted by Crippen LogP contribution is -2.45. The highest BCUT2D eigenvalue weighted by Gasteiger charge is 2.21. The second-order valence-corrected chi connectivity index (χ2v) is 5.93. The van der Waals surface area contributed by atoms with Gasteiger partial charge in [0, 0.05) is 22.7 Å². The van der Waals surface area contributed by atoms with Crippen molar-refractivity contribution in [3.63, 3.8) is 0 Å². The number of carbonyl (C=O) groups excluding carboxylic acids is 1. The van der Waals surface area contributed by atoms with Gasteiger partial charge in [0.05, 0.1) is 0 Å². The highest BCUT2D eigenvalue weighted by atomic mass is 127. The fourth-order valence-corrected chi connectivity index (χ4v) is 2.54. The Morgan fingerprint density at radius 1 is 1.35 bits per heavy atom. The number of hydrogen-bond acceptors (Lipinski definition) is 3. The molecule has 0 aromatic heterocycles.